The number of fused-ring (bicyclic) bond motifs is 1. The van der Waals surface area contributed by atoms with Gasteiger partial charge in [-0.1, -0.05) is 12.1 Å². The molecule has 0 amide bonds. The Balaban J connectivity index is 2.04. The van der Waals surface area contributed by atoms with Gasteiger partial charge in [0.2, 0.25) is 0 Å². The Kier molecular flexibility index (Phi) is 3.43. The summed E-state index contributed by atoms with van der Waals surface area (Å²) in [6, 6.07) is 14.0. The van der Waals surface area contributed by atoms with Gasteiger partial charge in [-0.2, -0.15) is 5.26 Å². The van der Waals surface area contributed by atoms with Crippen LogP contribution in [0.15, 0.2) is 48.7 Å². The first-order valence-electron chi connectivity index (χ1n) is 6.58. The van der Waals surface area contributed by atoms with E-state index in [1.165, 1.54) is 12.1 Å². The van der Waals surface area contributed by atoms with E-state index in [0.29, 0.717) is 17.7 Å². The van der Waals surface area contributed by atoms with Crippen molar-refractivity contribution < 1.29 is 9.50 Å². The summed E-state index contributed by atoms with van der Waals surface area (Å²) >= 11 is 0. The van der Waals surface area contributed by atoms with Crippen LogP contribution in [0.1, 0.15) is 16.7 Å². The highest BCUT2D eigenvalue weighted by Crippen LogP contribution is 2.20. The molecule has 0 unspecified atom stereocenters. The van der Waals surface area contributed by atoms with Crippen LogP contribution >= 0.6 is 0 Å². The van der Waals surface area contributed by atoms with Crippen LogP contribution in [0.4, 0.5) is 4.39 Å². The molecule has 0 aliphatic heterocycles. The number of aromatic nitrogens is 1. The smallest absolute Gasteiger partial charge is 0.128 e. The molecule has 1 heterocycles. The van der Waals surface area contributed by atoms with Gasteiger partial charge in [-0.3, -0.25) is 0 Å². The van der Waals surface area contributed by atoms with E-state index in [4.69, 9.17) is 5.26 Å². The Morgan fingerprint density at radius 3 is 2.76 bits per heavy atom. The van der Waals surface area contributed by atoms with Crippen molar-refractivity contribution in [3.8, 4) is 6.07 Å². The van der Waals surface area contributed by atoms with Crippen LogP contribution in [0.3, 0.4) is 0 Å². The average Bonchev–Trinajstić information content (AvgIpc) is 2.91. The molecule has 0 aliphatic rings. The monoisotopic (exact) mass is 280 g/mol. The van der Waals surface area contributed by atoms with Crippen molar-refractivity contribution in [1.82, 2.24) is 4.57 Å². The van der Waals surface area contributed by atoms with E-state index in [9.17, 15) is 9.50 Å². The van der Waals surface area contributed by atoms with Crippen molar-refractivity contribution in [2.45, 2.75) is 13.2 Å². The molecule has 3 aromatic rings. The van der Waals surface area contributed by atoms with Gasteiger partial charge in [-0.25, -0.2) is 4.39 Å². The molecule has 3 rings (SSSR count). The molecule has 3 nitrogen and oxygen atoms in total. The van der Waals surface area contributed by atoms with Gasteiger partial charge in [-0.15, -0.1) is 0 Å². The molecule has 0 atom stereocenters. The Morgan fingerprint density at radius 1 is 1.14 bits per heavy atom. The van der Waals surface area contributed by atoms with Gasteiger partial charge in [0.1, 0.15) is 5.82 Å². The molecule has 0 bridgehead atoms. The Labute approximate surface area is 121 Å². The minimum Gasteiger partial charge on any atom is -0.392 e. The van der Waals surface area contributed by atoms with Crippen LogP contribution in [-0.4, -0.2) is 9.67 Å². The van der Waals surface area contributed by atoms with Crippen molar-refractivity contribution in [1.29, 1.82) is 5.26 Å². The number of benzene rings is 2. The quantitative estimate of drug-likeness (QED) is 0.801. The lowest BCUT2D eigenvalue weighted by Crippen LogP contribution is -2.01. The van der Waals surface area contributed by atoms with E-state index in [0.717, 1.165) is 16.5 Å². The number of hydrogen-bond donors (Lipinski definition) is 1. The van der Waals surface area contributed by atoms with Crippen molar-refractivity contribution in [3.63, 3.8) is 0 Å². The minimum atomic E-state index is -0.325. The number of nitriles is 1. The summed E-state index contributed by atoms with van der Waals surface area (Å²) in [7, 11) is 0. The Bertz CT molecular complexity index is 846. The number of rotatable bonds is 3. The standard InChI is InChI=1S/C17H13FN2O/c18-16-4-2-12(9-19)7-15(16)10-20-6-5-14-3-1-13(11-21)8-17(14)20/h1-8,21H,10-11H2. The van der Waals surface area contributed by atoms with E-state index < -0.39 is 0 Å². The highest BCUT2D eigenvalue weighted by molar-refractivity contribution is 5.80. The molecule has 0 saturated carbocycles. The van der Waals surface area contributed by atoms with Gasteiger partial charge in [0.15, 0.2) is 0 Å². The lowest BCUT2D eigenvalue weighted by Gasteiger charge is -2.08. The lowest BCUT2D eigenvalue weighted by molar-refractivity contribution is 0.282. The fraction of sp³-hybridized carbons (Fsp3) is 0.118. The Hall–Kier alpha value is -2.64. The average molecular weight is 280 g/mol. The summed E-state index contributed by atoms with van der Waals surface area (Å²) in [4.78, 5) is 0. The highest BCUT2D eigenvalue weighted by Gasteiger charge is 2.07. The van der Waals surface area contributed by atoms with Crippen LogP contribution in [0.2, 0.25) is 0 Å². The van der Waals surface area contributed by atoms with Gasteiger partial charge in [-0.05, 0) is 41.3 Å². The summed E-state index contributed by atoms with van der Waals surface area (Å²) in [5.74, 6) is -0.325. The molecule has 4 heteroatoms. The largest absolute Gasteiger partial charge is 0.392 e. The molecular weight excluding hydrogens is 267 g/mol. The second-order valence-electron chi connectivity index (χ2n) is 4.91. The predicted octanol–water partition coefficient (Wildman–Crippen LogP) is 3.19. The molecule has 104 valence electrons. The molecule has 0 aliphatic carbocycles. The zero-order chi connectivity index (χ0) is 14.8. The second-order valence-corrected chi connectivity index (χ2v) is 4.91. The number of hydrogen-bond acceptors (Lipinski definition) is 2. The molecule has 21 heavy (non-hydrogen) atoms. The Morgan fingerprint density at radius 2 is 2.00 bits per heavy atom. The fourth-order valence-corrected chi connectivity index (χ4v) is 2.41. The van der Waals surface area contributed by atoms with Gasteiger partial charge in [0.05, 0.1) is 24.8 Å². The molecule has 1 aromatic heterocycles. The maximum Gasteiger partial charge on any atom is 0.128 e. The molecule has 1 N–H and O–H groups in total. The van der Waals surface area contributed by atoms with Crippen molar-refractivity contribution in [2.75, 3.05) is 0 Å². The minimum absolute atomic E-state index is 0.0284. The summed E-state index contributed by atoms with van der Waals surface area (Å²) in [6.07, 6.45) is 1.88. The number of aliphatic hydroxyl groups excluding tert-OH is 1. The summed E-state index contributed by atoms with van der Waals surface area (Å²) in [6.45, 7) is 0.319. The van der Waals surface area contributed by atoms with Crippen LogP contribution in [0, 0.1) is 17.1 Å². The van der Waals surface area contributed by atoms with Gasteiger partial charge in [0, 0.05) is 17.3 Å². The fourth-order valence-electron chi connectivity index (χ4n) is 2.41. The van der Waals surface area contributed by atoms with E-state index in [-0.39, 0.29) is 12.4 Å². The summed E-state index contributed by atoms with van der Waals surface area (Å²) in [5.41, 5.74) is 2.66. The summed E-state index contributed by atoms with van der Waals surface area (Å²) in [5, 5.41) is 19.2. The molecular formula is C17H13FN2O. The molecule has 0 saturated heterocycles. The topological polar surface area (TPSA) is 49.0 Å². The van der Waals surface area contributed by atoms with Crippen molar-refractivity contribution >= 4 is 10.9 Å². The predicted molar refractivity (Wildman–Crippen MR) is 78.1 cm³/mol. The van der Waals surface area contributed by atoms with Crippen molar-refractivity contribution in [3.05, 3.63) is 71.2 Å². The third-order valence-electron chi connectivity index (χ3n) is 3.54. The first-order valence-corrected chi connectivity index (χ1v) is 6.58. The van der Waals surface area contributed by atoms with E-state index in [1.807, 2.05) is 41.1 Å². The lowest BCUT2D eigenvalue weighted by atomic mass is 10.1. The van der Waals surface area contributed by atoms with Gasteiger partial charge >= 0.3 is 0 Å². The number of nitrogens with zero attached hydrogens (tertiary/aromatic N) is 2. The van der Waals surface area contributed by atoms with E-state index in [2.05, 4.69) is 0 Å². The number of halogens is 1. The SMILES string of the molecule is N#Cc1ccc(F)c(Cn2ccc3ccc(CO)cc32)c1. The van der Waals surface area contributed by atoms with Crippen LogP contribution < -0.4 is 0 Å². The first-order chi connectivity index (χ1) is 10.2. The molecule has 2 aromatic carbocycles. The second kappa shape index (κ2) is 5.39. The van der Waals surface area contributed by atoms with Gasteiger partial charge < -0.3 is 9.67 Å². The maximum atomic E-state index is 13.9. The van der Waals surface area contributed by atoms with E-state index >= 15 is 0 Å². The molecule has 0 fully saturated rings. The number of aliphatic hydroxyl groups is 1. The van der Waals surface area contributed by atoms with Crippen LogP contribution in [0.5, 0.6) is 0 Å². The maximum absolute atomic E-state index is 13.9. The third kappa shape index (κ3) is 2.51. The van der Waals surface area contributed by atoms with E-state index in [1.54, 1.807) is 6.07 Å². The first kappa shape index (κ1) is 13.3. The van der Waals surface area contributed by atoms with Crippen LogP contribution in [0.25, 0.3) is 10.9 Å². The molecule has 0 spiro atoms. The normalized spacial score (nSPS) is 10.7. The zero-order valence-electron chi connectivity index (χ0n) is 11.3. The molecule has 0 radical (unpaired) electrons. The summed E-state index contributed by atoms with van der Waals surface area (Å²) < 4.78 is 15.8. The van der Waals surface area contributed by atoms with Crippen molar-refractivity contribution in [2.24, 2.45) is 0 Å². The zero-order valence-corrected chi connectivity index (χ0v) is 11.3. The highest BCUT2D eigenvalue weighted by atomic mass is 19.1. The van der Waals surface area contributed by atoms with Gasteiger partial charge in [0.25, 0.3) is 0 Å². The van der Waals surface area contributed by atoms with Crippen LogP contribution in [-0.2, 0) is 13.2 Å². The third-order valence-corrected chi connectivity index (χ3v) is 3.54.